The van der Waals surface area contributed by atoms with Crippen molar-refractivity contribution in [2.75, 3.05) is 13.9 Å². The van der Waals surface area contributed by atoms with Crippen molar-refractivity contribution in [2.24, 2.45) is 0 Å². The van der Waals surface area contributed by atoms with Gasteiger partial charge in [0.05, 0.1) is 25.3 Å². The fourth-order valence-electron chi connectivity index (χ4n) is 4.54. The van der Waals surface area contributed by atoms with Crippen molar-refractivity contribution in [1.29, 1.82) is 0 Å². The molecular formula is C28H24N4O5. The smallest absolute Gasteiger partial charge is 0.322 e. The number of nitrogens with one attached hydrogen (secondary N) is 1. The second-order valence-electron chi connectivity index (χ2n) is 8.72. The van der Waals surface area contributed by atoms with Gasteiger partial charge in [-0.2, -0.15) is 4.98 Å². The molecule has 0 saturated heterocycles. The first-order chi connectivity index (χ1) is 18.1. The van der Waals surface area contributed by atoms with E-state index in [0.29, 0.717) is 29.8 Å². The number of nitrogens with zero attached hydrogens (tertiary/aromatic N) is 3. The van der Waals surface area contributed by atoms with E-state index in [1.807, 2.05) is 79.7 Å². The molecule has 0 radical (unpaired) electrons. The Bertz CT molecular complexity index is 1480. The molecule has 2 aliphatic rings. The summed E-state index contributed by atoms with van der Waals surface area (Å²) in [6.45, 7) is 2.46. The number of ether oxygens (including phenoxy) is 3. The van der Waals surface area contributed by atoms with Gasteiger partial charge in [-0.05, 0) is 48.4 Å². The summed E-state index contributed by atoms with van der Waals surface area (Å²) in [5.41, 5.74) is 4.08. The predicted octanol–water partition coefficient (Wildman–Crippen LogP) is 5.17. The summed E-state index contributed by atoms with van der Waals surface area (Å²) in [7, 11) is 1.62. The lowest BCUT2D eigenvalue weighted by Gasteiger charge is -2.35. The quantitative estimate of drug-likeness (QED) is 0.393. The maximum absolute atomic E-state index is 13.3. The van der Waals surface area contributed by atoms with Crippen LogP contribution in [0.2, 0.25) is 0 Å². The van der Waals surface area contributed by atoms with Crippen LogP contribution in [0.1, 0.15) is 30.0 Å². The second-order valence-corrected chi connectivity index (χ2v) is 8.72. The highest BCUT2D eigenvalue weighted by Gasteiger charge is 2.35. The average Bonchev–Trinajstić information content (AvgIpc) is 3.61. The van der Waals surface area contributed by atoms with Crippen LogP contribution in [0.25, 0.3) is 17.0 Å². The minimum Gasteiger partial charge on any atom is -0.497 e. The molecule has 3 heterocycles. The summed E-state index contributed by atoms with van der Waals surface area (Å²) >= 11 is 0. The van der Waals surface area contributed by atoms with Crippen LogP contribution in [0.4, 0.5) is 4.79 Å². The number of fused-ring (bicyclic) bond motifs is 1. The zero-order valence-electron chi connectivity index (χ0n) is 20.3. The summed E-state index contributed by atoms with van der Waals surface area (Å²) in [4.78, 5) is 19.7. The Balaban J connectivity index is 1.40. The SMILES string of the molecule is COc1ccc(CN2C(=O)NC(c3ccccc3)C(c3nc(-c4ccc5c(c4)OCO5)no3)=C2C)cc1. The zero-order chi connectivity index (χ0) is 25.4. The van der Waals surface area contributed by atoms with Gasteiger partial charge in [0, 0.05) is 11.3 Å². The van der Waals surface area contributed by atoms with Gasteiger partial charge in [-0.3, -0.25) is 4.90 Å². The van der Waals surface area contributed by atoms with Gasteiger partial charge >= 0.3 is 6.03 Å². The molecule has 1 unspecified atom stereocenters. The number of carbonyl (C=O) groups is 1. The summed E-state index contributed by atoms with van der Waals surface area (Å²) < 4.78 is 21.9. The lowest BCUT2D eigenvalue weighted by molar-refractivity contribution is 0.174. The Morgan fingerprint density at radius 2 is 1.81 bits per heavy atom. The first-order valence-electron chi connectivity index (χ1n) is 11.8. The molecule has 2 aliphatic heterocycles. The first kappa shape index (κ1) is 22.7. The van der Waals surface area contributed by atoms with Crippen molar-refractivity contribution < 1.29 is 23.5 Å². The fraction of sp³-hybridized carbons (Fsp3) is 0.179. The van der Waals surface area contributed by atoms with Gasteiger partial charge in [0.25, 0.3) is 5.89 Å². The number of amides is 2. The monoisotopic (exact) mass is 496 g/mol. The maximum atomic E-state index is 13.3. The molecule has 0 aliphatic carbocycles. The Labute approximate surface area is 213 Å². The van der Waals surface area contributed by atoms with Gasteiger partial charge in [0.1, 0.15) is 5.75 Å². The molecule has 9 nitrogen and oxygen atoms in total. The second kappa shape index (κ2) is 9.34. The molecule has 3 aromatic carbocycles. The van der Waals surface area contributed by atoms with E-state index in [2.05, 4.69) is 10.5 Å². The van der Waals surface area contributed by atoms with Crippen LogP contribution in [0.3, 0.4) is 0 Å². The Morgan fingerprint density at radius 3 is 2.59 bits per heavy atom. The molecule has 0 spiro atoms. The molecule has 1 atom stereocenters. The number of allylic oxidation sites excluding steroid dienone is 1. The minimum atomic E-state index is -0.453. The first-order valence-corrected chi connectivity index (χ1v) is 11.8. The van der Waals surface area contributed by atoms with Crippen LogP contribution in [-0.2, 0) is 6.54 Å². The van der Waals surface area contributed by atoms with Crippen molar-refractivity contribution in [3.05, 3.63) is 95.5 Å². The topological polar surface area (TPSA) is 99.0 Å². The summed E-state index contributed by atoms with van der Waals surface area (Å²) in [5.74, 6) is 2.82. The van der Waals surface area contributed by atoms with Gasteiger partial charge in [-0.25, -0.2) is 4.79 Å². The van der Waals surface area contributed by atoms with E-state index in [1.165, 1.54) is 0 Å². The lowest BCUT2D eigenvalue weighted by atomic mass is 9.94. The van der Waals surface area contributed by atoms with E-state index < -0.39 is 6.04 Å². The van der Waals surface area contributed by atoms with Gasteiger partial charge in [0.15, 0.2) is 11.5 Å². The van der Waals surface area contributed by atoms with Crippen molar-refractivity contribution in [3.8, 4) is 28.6 Å². The van der Waals surface area contributed by atoms with E-state index in [9.17, 15) is 4.79 Å². The number of benzene rings is 3. The highest BCUT2D eigenvalue weighted by atomic mass is 16.7. The van der Waals surface area contributed by atoms with Crippen LogP contribution in [0.15, 0.2) is 83.0 Å². The normalized spacial score (nSPS) is 16.6. The van der Waals surface area contributed by atoms with Crippen LogP contribution in [0, 0.1) is 0 Å². The molecule has 0 saturated carbocycles. The highest BCUT2D eigenvalue weighted by Crippen LogP contribution is 2.39. The van der Waals surface area contributed by atoms with Crippen LogP contribution < -0.4 is 19.5 Å². The largest absolute Gasteiger partial charge is 0.497 e. The molecule has 186 valence electrons. The third kappa shape index (κ3) is 4.24. The van der Waals surface area contributed by atoms with Crippen LogP contribution >= 0.6 is 0 Å². The van der Waals surface area contributed by atoms with E-state index in [4.69, 9.17) is 23.7 Å². The number of rotatable bonds is 6. The van der Waals surface area contributed by atoms with Gasteiger partial charge in [-0.1, -0.05) is 47.6 Å². The summed E-state index contributed by atoms with van der Waals surface area (Å²) in [6, 6.07) is 22.2. The number of aromatic nitrogens is 2. The van der Waals surface area contributed by atoms with E-state index >= 15 is 0 Å². The van der Waals surface area contributed by atoms with Crippen molar-refractivity contribution in [3.63, 3.8) is 0 Å². The molecule has 0 fully saturated rings. The van der Waals surface area contributed by atoms with Gasteiger partial charge in [0.2, 0.25) is 12.6 Å². The number of urea groups is 1. The van der Waals surface area contributed by atoms with E-state index in [-0.39, 0.29) is 12.8 Å². The van der Waals surface area contributed by atoms with Crippen LogP contribution in [-0.4, -0.2) is 35.0 Å². The third-order valence-electron chi connectivity index (χ3n) is 6.52. The van der Waals surface area contributed by atoms with Crippen molar-refractivity contribution in [2.45, 2.75) is 19.5 Å². The third-order valence-corrected chi connectivity index (χ3v) is 6.52. The lowest BCUT2D eigenvalue weighted by Crippen LogP contribution is -2.45. The average molecular weight is 497 g/mol. The van der Waals surface area contributed by atoms with Gasteiger partial charge < -0.3 is 24.1 Å². The summed E-state index contributed by atoms with van der Waals surface area (Å²) in [6.07, 6.45) is 0. The molecule has 2 amide bonds. The number of hydrogen-bond donors (Lipinski definition) is 1. The highest BCUT2D eigenvalue weighted by molar-refractivity contribution is 5.87. The van der Waals surface area contributed by atoms with E-state index in [1.54, 1.807) is 12.0 Å². The fourth-order valence-corrected chi connectivity index (χ4v) is 4.54. The Kier molecular flexibility index (Phi) is 5.72. The van der Waals surface area contributed by atoms with Crippen molar-refractivity contribution >= 4 is 11.6 Å². The van der Waals surface area contributed by atoms with Gasteiger partial charge in [-0.15, -0.1) is 0 Å². The Hall–Kier alpha value is -4.79. The minimum absolute atomic E-state index is 0.185. The Morgan fingerprint density at radius 1 is 1.03 bits per heavy atom. The molecule has 1 aromatic heterocycles. The molecule has 1 N–H and O–H groups in total. The summed E-state index contributed by atoms with van der Waals surface area (Å²) in [5, 5.41) is 7.36. The number of carbonyl (C=O) groups excluding carboxylic acids is 1. The standard InChI is InChI=1S/C28H24N4O5/c1-17-24(27-30-26(31-37-27)20-10-13-22-23(14-20)36-16-35-22)25(19-6-4-3-5-7-19)29-28(33)32(17)15-18-8-11-21(34-2)12-9-18/h3-14,25H,15-16H2,1-2H3,(H,29,33). The van der Waals surface area contributed by atoms with Crippen LogP contribution in [0.5, 0.6) is 17.2 Å². The molecule has 37 heavy (non-hydrogen) atoms. The molecule has 6 rings (SSSR count). The molecule has 9 heteroatoms. The van der Waals surface area contributed by atoms with E-state index in [0.717, 1.165) is 33.7 Å². The predicted molar refractivity (Wildman–Crippen MR) is 135 cm³/mol. The van der Waals surface area contributed by atoms with Crippen molar-refractivity contribution in [1.82, 2.24) is 20.4 Å². The molecule has 0 bridgehead atoms. The molecular weight excluding hydrogens is 472 g/mol. The molecule has 4 aromatic rings. The number of hydrogen-bond acceptors (Lipinski definition) is 7. The maximum Gasteiger partial charge on any atom is 0.322 e. The number of methoxy groups -OCH3 is 1. The zero-order valence-corrected chi connectivity index (χ0v) is 20.3.